The number of rotatable bonds is 4. The molecule has 0 aliphatic heterocycles. The van der Waals surface area contributed by atoms with Crippen molar-refractivity contribution in [1.82, 2.24) is 4.90 Å². The lowest BCUT2D eigenvalue weighted by atomic mass is 9.69. The fraction of sp³-hybridized carbons (Fsp3) is 1.00. The van der Waals surface area contributed by atoms with E-state index in [4.69, 9.17) is 5.73 Å². The van der Waals surface area contributed by atoms with E-state index in [1.165, 1.54) is 57.8 Å². The summed E-state index contributed by atoms with van der Waals surface area (Å²) in [7, 11) is 2.38. The molecule has 0 amide bonds. The average molecular weight is 266 g/mol. The number of nitrogens with zero attached hydrogens (tertiary/aromatic N) is 1. The van der Waals surface area contributed by atoms with Gasteiger partial charge in [0.25, 0.3) is 0 Å². The molecule has 0 aromatic carbocycles. The number of hydrogen-bond donors (Lipinski definition) is 1. The molecule has 0 aromatic heterocycles. The van der Waals surface area contributed by atoms with Gasteiger partial charge in [0.2, 0.25) is 0 Å². The van der Waals surface area contributed by atoms with E-state index in [0.29, 0.717) is 5.54 Å². The monoisotopic (exact) mass is 266 g/mol. The van der Waals surface area contributed by atoms with E-state index in [2.05, 4.69) is 25.8 Å². The number of likely N-dealkylation sites (N-methyl/N-ethyl adjacent to an activating group) is 1. The van der Waals surface area contributed by atoms with Crippen LogP contribution in [0.5, 0.6) is 0 Å². The van der Waals surface area contributed by atoms with Crippen molar-refractivity contribution in [2.45, 2.75) is 83.2 Å². The third-order valence-electron chi connectivity index (χ3n) is 6.18. The molecule has 0 aromatic rings. The van der Waals surface area contributed by atoms with Crippen molar-refractivity contribution in [1.29, 1.82) is 0 Å². The van der Waals surface area contributed by atoms with Crippen LogP contribution in [0.25, 0.3) is 0 Å². The summed E-state index contributed by atoms with van der Waals surface area (Å²) in [6, 6.07) is 0.777. The molecule has 0 spiro atoms. The normalized spacial score (nSPS) is 40.6. The van der Waals surface area contributed by atoms with Crippen LogP contribution in [0.4, 0.5) is 0 Å². The molecular formula is C17H34N2. The summed E-state index contributed by atoms with van der Waals surface area (Å²) in [6.07, 6.45) is 12.4. The van der Waals surface area contributed by atoms with E-state index in [0.717, 1.165) is 24.4 Å². The molecule has 19 heavy (non-hydrogen) atoms. The molecule has 2 saturated carbocycles. The van der Waals surface area contributed by atoms with Crippen LogP contribution in [0.1, 0.15) is 71.6 Å². The predicted octanol–water partition coefficient (Wildman–Crippen LogP) is 3.79. The van der Waals surface area contributed by atoms with Crippen molar-refractivity contribution in [3.8, 4) is 0 Å². The minimum atomic E-state index is 0.300. The van der Waals surface area contributed by atoms with Gasteiger partial charge in [-0.2, -0.15) is 0 Å². The predicted molar refractivity (Wildman–Crippen MR) is 83.2 cm³/mol. The second kappa shape index (κ2) is 6.58. The average Bonchev–Trinajstić information content (AvgIpc) is 2.46. The van der Waals surface area contributed by atoms with Gasteiger partial charge in [0.15, 0.2) is 0 Å². The van der Waals surface area contributed by atoms with Crippen LogP contribution in [0, 0.1) is 11.8 Å². The molecule has 4 unspecified atom stereocenters. The first kappa shape index (κ1) is 15.3. The van der Waals surface area contributed by atoms with Gasteiger partial charge in [0.05, 0.1) is 0 Å². The van der Waals surface area contributed by atoms with Gasteiger partial charge in [-0.1, -0.05) is 46.0 Å². The molecule has 0 saturated heterocycles. The van der Waals surface area contributed by atoms with Crippen molar-refractivity contribution in [2.75, 3.05) is 13.6 Å². The summed E-state index contributed by atoms with van der Waals surface area (Å²) in [4.78, 5) is 2.73. The Hall–Kier alpha value is -0.0800. The Balaban J connectivity index is 2.13. The molecule has 2 rings (SSSR count). The first-order valence-corrected chi connectivity index (χ1v) is 8.57. The maximum atomic E-state index is 6.30. The van der Waals surface area contributed by atoms with Gasteiger partial charge in [0.1, 0.15) is 0 Å². The first-order chi connectivity index (χ1) is 9.14. The zero-order valence-electron chi connectivity index (χ0n) is 13.3. The van der Waals surface area contributed by atoms with Gasteiger partial charge in [-0.05, 0) is 44.6 Å². The molecule has 2 nitrogen and oxygen atoms in total. The van der Waals surface area contributed by atoms with Crippen LogP contribution >= 0.6 is 0 Å². The molecule has 112 valence electrons. The zero-order chi connectivity index (χ0) is 13.9. The van der Waals surface area contributed by atoms with Gasteiger partial charge < -0.3 is 5.73 Å². The molecule has 4 atom stereocenters. The molecule has 0 heterocycles. The van der Waals surface area contributed by atoms with Gasteiger partial charge in [-0.25, -0.2) is 0 Å². The second-order valence-electron chi connectivity index (χ2n) is 7.20. The van der Waals surface area contributed by atoms with Crippen LogP contribution in [0.15, 0.2) is 0 Å². The molecule has 2 aliphatic carbocycles. The largest absolute Gasteiger partial charge is 0.329 e. The molecule has 2 aliphatic rings. The second-order valence-corrected chi connectivity index (χ2v) is 7.20. The topological polar surface area (TPSA) is 29.3 Å². The van der Waals surface area contributed by atoms with Gasteiger partial charge in [-0.3, -0.25) is 4.90 Å². The molecule has 2 heteroatoms. The molecule has 0 radical (unpaired) electrons. The minimum Gasteiger partial charge on any atom is -0.329 e. The van der Waals surface area contributed by atoms with E-state index in [-0.39, 0.29) is 0 Å². The summed E-state index contributed by atoms with van der Waals surface area (Å²) in [5.74, 6) is 1.72. The first-order valence-electron chi connectivity index (χ1n) is 8.57. The van der Waals surface area contributed by atoms with Crippen LogP contribution in [-0.4, -0.2) is 30.1 Å². The summed E-state index contributed by atoms with van der Waals surface area (Å²) >= 11 is 0. The van der Waals surface area contributed by atoms with Gasteiger partial charge in [-0.15, -0.1) is 0 Å². The molecule has 0 bridgehead atoms. The Bertz CT molecular complexity index is 278. The van der Waals surface area contributed by atoms with Gasteiger partial charge >= 0.3 is 0 Å². The standard InChI is InChI=1S/C17H34N2/c1-4-15-9-5-6-11-17(15,13-18)19(3)16-10-7-8-14(2)12-16/h14-16H,4-13,18H2,1-3H3. The lowest BCUT2D eigenvalue weighted by Gasteiger charge is -2.53. The summed E-state index contributed by atoms with van der Waals surface area (Å²) in [6.45, 7) is 5.64. The van der Waals surface area contributed by atoms with E-state index >= 15 is 0 Å². The van der Waals surface area contributed by atoms with Crippen molar-refractivity contribution in [3.05, 3.63) is 0 Å². The Morgan fingerprint density at radius 1 is 1.16 bits per heavy atom. The van der Waals surface area contributed by atoms with Gasteiger partial charge in [0, 0.05) is 18.1 Å². The van der Waals surface area contributed by atoms with E-state index in [1.54, 1.807) is 0 Å². The SMILES string of the molecule is CCC1CCCCC1(CN)N(C)C1CCCC(C)C1. The Labute approximate surface area is 120 Å². The smallest absolute Gasteiger partial charge is 0.0359 e. The maximum absolute atomic E-state index is 6.30. The van der Waals surface area contributed by atoms with Crippen molar-refractivity contribution in [3.63, 3.8) is 0 Å². The molecular weight excluding hydrogens is 232 g/mol. The van der Waals surface area contributed by atoms with E-state index < -0.39 is 0 Å². The lowest BCUT2D eigenvalue weighted by Crippen LogP contribution is -2.61. The fourth-order valence-electron chi connectivity index (χ4n) is 4.87. The fourth-order valence-corrected chi connectivity index (χ4v) is 4.87. The molecule has 2 N–H and O–H groups in total. The third-order valence-corrected chi connectivity index (χ3v) is 6.18. The number of hydrogen-bond acceptors (Lipinski definition) is 2. The Morgan fingerprint density at radius 3 is 2.58 bits per heavy atom. The summed E-state index contributed by atoms with van der Waals surface area (Å²) < 4.78 is 0. The summed E-state index contributed by atoms with van der Waals surface area (Å²) in [5.41, 5.74) is 6.61. The van der Waals surface area contributed by atoms with Crippen LogP contribution in [0.3, 0.4) is 0 Å². The number of nitrogens with two attached hydrogens (primary N) is 1. The van der Waals surface area contributed by atoms with Crippen molar-refractivity contribution < 1.29 is 0 Å². The van der Waals surface area contributed by atoms with E-state index in [9.17, 15) is 0 Å². The van der Waals surface area contributed by atoms with Crippen molar-refractivity contribution >= 4 is 0 Å². The van der Waals surface area contributed by atoms with E-state index in [1.807, 2.05) is 0 Å². The van der Waals surface area contributed by atoms with Crippen LogP contribution in [0.2, 0.25) is 0 Å². The lowest BCUT2D eigenvalue weighted by molar-refractivity contribution is -0.0215. The Kier molecular flexibility index (Phi) is 5.30. The van der Waals surface area contributed by atoms with Crippen LogP contribution in [-0.2, 0) is 0 Å². The van der Waals surface area contributed by atoms with Crippen molar-refractivity contribution in [2.24, 2.45) is 17.6 Å². The Morgan fingerprint density at radius 2 is 1.95 bits per heavy atom. The highest BCUT2D eigenvalue weighted by Gasteiger charge is 2.44. The maximum Gasteiger partial charge on any atom is 0.0359 e. The highest BCUT2D eigenvalue weighted by molar-refractivity contribution is 5.01. The quantitative estimate of drug-likeness (QED) is 0.838. The summed E-state index contributed by atoms with van der Waals surface area (Å²) in [5, 5.41) is 0. The third kappa shape index (κ3) is 3.00. The molecule has 2 fully saturated rings. The minimum absolute atomic E-state index is 0.300. The van der Waals surface area contributed by atoms with Crippen LogP contribution < -0.4 is 5.73 Å². The zero-order valence-corrected chi connectivity index (χ0v) is 13.3. The highest BCUT2D eigenvalue weighted by Crippen LogP contribution is 2.42. The highest BCUT2D eigenvalue weighted by atomic mass is 15.2.